The number of aromatic nitrogens is 3. The van der Waals surface area contributed by atoms with Gasteiger partial charge in [0.25, 0.3) is 5.91 Å². The van der Waals surface area contributed by atoms with Crippen molar-refractivity contribution < 1.29 is 23.4 Å². The monoisotopic (exact) mass is 553 g/mol. The molecule has 11 nitrogen and oxygen atoms in total. The molecule has 0 fully saturated rings. The van der Waals surface area contributed by atoms with E-state index >= 15 is 0 Å². The molecule has 0 aliphatic rings. The van der Waals surface area contributed by atoms with Crippen molar-refractivity contribution in [3.8, 4) is 16.5 Å². The molecular weight excluding hydrogens is 522 g/mol. The zero-order valence-electron chi connectivity index (χ0n) is 22.2. The molecule has 0 aliphatic carbocycles. The summed E-state index contributed by atoms with van der Waals surface area (Å²) in [5.41, 5.74) is 2.47. The van der Waals surface area contributed by atoms with E-state index in [1.54, 1.807) is 7.11 Å². The maximum absolute atomic E-state index is 13.1. The number of anilines is 2. The van der Waals surface area contributed by atoms with Gasteiger partial charge in [-0.2, -0.15) is 0 Å². The number of carbonyl (C=O) groups is 1. The second-order valence-electron chi connectivity index (χ2n) is 8.57. The molecule has 0 spiro atoms. The van der Waals surface area contributed by atoms with Crippen LogP contribution >= 0.6 is 11.3 Å². The third-order valence-corrected chi connectivity index (χ3v) is 6.76. The Morgan fingerprint density at radius 2 is 1.92 bits per heavy atom. The van der Waals surface area contributed by atoms with Gasteiger partial charge >= 0.3 is 5.63 Å². The Balaban J connectivity index is 1.62. The molecule has 206 valence electrons. The second kappa shape index (κ2) is 13.2. The molecule has 4 rings (SSSR count). The number of hydrogen-bond acceptors (Lipinski definition) is 10. The molecule has 0 saturated carbocycles. The van der Waals surface area contributed by atoms with Crippen LogP contribution in [0.1, 0.15) is 34.6 Å². The number of nitrogens with zero attached hydrogens (tertiary/aromatic N) is 3. The van der Waals surface area contributed by atoms with E-state index in [9.17, 15) is 9.59 Å². The molecule has 0 radical (unpaired) electrons. The molecule has 39 heavy (non-hydrogen) atoms. The quantitative estimate of drug-likeness (QED) is 0.235. The molecule has 4 aromatic rings. The number of benzene rings is 1. The summed E-state index contributed by atoms with van der Waals surface area (Å²) in [4.78, 5) is 26.1. The predicted molar refractivity (Wildman–Crippen MR) is 149 cm³/mol. The van der Waals surface area contributed by atoms with Crippen LogP contribution in [-0.2, 0) is 22.9 Å². The molecule has 2 N–H and O–H groups in total. The van der Waals surface area contributed by atoms with Gasteiger partial charge in [-0.3, -0.25) is 10.1 Å². The standard InChI is InChI=1S/C27H31N5O6S/c1-5-17-11-12-32(2)22(17)25-30-31-27(39-25)29-24(33)21-15-19(23(26(34)38-21)37-14-13-35-3)28-20(16-36-4)18-9-7-6-8-10-18/h6-12,15,20,28H,5,13-14,16H2,1-4H3,(H,29,31,33)/t20-/m0/s1. The van der Waals surface area contributed by atoms with Crippen molar-refractivity contribution >= 4 is 28.1 Å². The van der Waals surface area contributed by atoms with Crippen molar-refractivity contribution in [2.45, 2.75) is 19.4 Å². The lowest BCUT2D eigenvalue weighted by molar-refractivity contribution is 0.0990. The molecule has 0 bridgehead atoms. The highest BCUT2D eigenvalue weighted by Gasteiger charge is 2.22. The molecule has 3 aromatic heterocycles. The van der Waals surface area contributed by atoms with Crippen LogP contribution in [0.5, 0.6) is 5.75 Å². The minimum atomic E-state index is -0.806. The van der Waals surface area contributed by atoms with Crippen molar-refractivity contribution in [2.24, 2.45) is 7.05 Å². The van der Waals surface area contributed by atoms with Gasteiger partial charge in [-0.1, -0.05) is 48.6 Å². The summed E-state index contributed by atoms with van der Waals surface area (Å²) in [5, 5.41) is 15.3. The third kappa shape index (κ3) is 6.72. The summed E-state index contributed by atoms with van der Waals surface area (Å²) in [6.45, 7) is 2.75. The van der Waals surface area contributed by atoms with Gasteiger partial charge in [0, 0.05) is 33.5 Å². The van der Waals surface area contributed by atoms with Gasteiger partial charge in [-0.15, -0.1) is 10.2 Å². The molecule has 0 aliphatic heterocycles. The number of rotatable bonds is 13. The van der Waals surface area contributed by atoms with Gasteiger partial charge in [0.1, 0.15) is 6.61 Å². The fourth-order valence-electron chi connectivity index (χ4n) is 4.01. The Labute approximate surface area is 229 Å². The summed E-state index contributed by atoms with van der Waals surface area (Å²) in [6, 6.07) is 12.7. The minimum absolute atomic E-state index is 0.0605. The first-order valence-electron chi connectivity index (χ1n) is 12.3. The number of methoxy groups -OCH3 is 2. The normalized spacial score (nSPS) is 11.8. The Hall–Kier alpha value is -4.00. The summed E-state index contributed by atoms with van der Waals surface area (Å²) in [6.07, 6.45) is 2.80. The van der Waals surface area contributed by atoms with E-state index in [4.69, 9.17) is 18.6 Å². The Morgan fingerprint density at radius 1 is 1.13 bits per heavy atom. The predicted octanol–water partition coefficient (Wildman–Crippen LogP) is 4.14. The number of nitrogens with one attached hydrogen (secondary N) is 2. The number of ether oxygens (including phenoxy) is 3. The largest absolute Gasteiger partial charge is 0.483 e. The van der Waals surface area contributed by atoms with Crippen LogP contribution in [0.2, 0.25) is 0 Å². The first-order chi connectivity index (χ1) is 18.9. The van der Waals surface area contributed by atoms with Crippen LogP contribution in [0, 0.1) is 0 Å². The summed E-state index contributed by atoms with van der Waals surface area (Å²) in [5.74, 6) is -0.919. The van der Waals surface area contributed by atoms with Crippen molar-refractivity contribution in [1.82, 2.24) is 14.8 Å². The first-order valence-corrected chi connectivity index (χ1v) is 13.2. The molecule has 1 atom stereocenters. The van der Waals surface area contributed by atoms with Gasteiger partial charge in [0.05, 0.1) is 30.6 Å². The van der Waals surface area contributed by atoms with Crippen molar-refractivity contribution in [3.05, 3.63) is 76.0 Å². The van der Waals surface area contributed by atoms with E-state index in [-0.39, 0.29) is 41.6 Å². The maximum Gasteiger partial charge on any atom is 0.381 e. The molecule has 1 aromatic carbocycles. The zero-order valence-corrected chi connectivity index (χ0v) is 23.0. The van der Waals surface area contributed by atoms with Crippen LogP contribution < -0.4 is 21.0 Å². The lowest BCUT2D eigenvalue weighted by Crippen LogP contribution is -2.22. The van der Waals surface area contributed by atoms with Crippen molar-refractivity contribution in [1.29, 1.82) is 0 Å². The van der Waals surface area contributed by atoms with Crippen LogP contribution in [0.25, 0.3) is 10.7 Å². The lowest BCUT2D eigenvalue weighted by atomic mass is 10.1. The molecule has 1 amide bonds. The smallest absolute Gasteiger partial charge is 0.381 e. The van der Waals surface area contributed by atoms with Crippen LogP contribution in [0.3, 0.4) is 0 Å². The van der Waals surface area contributed by atoms with Gasteiger partial charge in [-0.05, 0) is 23.6 Å². The lowest BCUT2D eigenvalue weighted by Gasteiger charge is -2.21. The van der Waals surface area contributed by atoms with Crippen LogP contribution in [0.15, 0.2) is 57.9 Å². The van der Waals surface area contributed by atoms with Gasteiger partial charge in [-0.25, -0.2) is 4.79 Å². The highest BCUT2D eigenvalue weighted by molar-refractivity contribution is 7.18. The molecule has 0 unspecified atom stereocenters. The van der Waals surface area contributed by atoms with E-state index in [1.807, 2.05) is 54.2 Å². The highest BCUT2D eigenvalue weighted by atomic mass is 32.1. The van der Waals surface area contributed by atoms with E-state index in [0.29, 0.717) is 11.6 Å². The topological polar surface area (TPSA) is 130 Å². The number of carbonyl (C=O) groups excluding carboxylic acids is 1. The first kappa shape index (κ1) is 28.0. The minimum Gasteiger partial charge on any atom is -0.483 e. The van der Waals surface area contributed by atoms with Gasteiger partial charge < -0.3 is 28.5 Å². The average Bonchev–Trinajstić information content (AvgIpc) is 3.55. The SMILES string of the molecule is CCc1ccn(C)c1-c1nnc(NC(=O)c2cc(N[C@@H](COC)c3ccccc3)c(OCCOC)c(=O)o2)s1. The maximum atomic E-state index is 13.1. The summed E-state index contributed by atoms with van der Waals surface area (Å²) >= 11 is 1.23. The zero-order chi connectivity index (χ0) is 27.8. The fraction of sp³-hybridized carbons (Fsp3) is 0.333. The van der Waals surface area contributed by atoms with Crippen LogP contribution in [-0.4, -0.2) is 54.7 Å². The average molecular weight is 554 g/mol. The Morgan fingerprint density at radius 3 is 2.64 bits per heavy atom. The highest BCUT2D eigenvalue weighted by Crippen LogP contribution is 2.31. The third-order valence-electron chi connectivity index (χ3n) is 5.92. The molecular formula is C27H31N5O6S. The number of aryl methyl sites for hydroxylation is 2. The van der Waals surface area contributed by atoms with E-state index in [1.165, 1.54) is 24.5 Å². The number of hydrogen-bond donors (Lipinski definition) is 2. The van der Waals surface area contributed by atoms with Crippen LogP contribution in [0.4, 0.5) is 10.8 Å². The molecule has 3 heterocycles. The summed E-state index contributed by atoms with van der Waals surface area (Å²) < 4.78 is 23.4. The fourth-order valence-corrected chi connectivity index (χ4v) is 4.87. The Kier molecular flexibility index (Phi) is 9.47. The van der Waals surface area contributed by atoms with E-state index < -0.39 is 11.5 Å². The van der Waals surface area contributed by atoms with Crippen molar-refractivity contribution in [3.63, 3.8) is 0 Å². The summed E-state index contributed by atoms with van der Waals surface area (Å²) in [7, 11) is 5.04. The van der Waals surface area contributed by atoms with Gasteiger partial charge in [0.2, 0.25) is 10.9 Å². The molecule has 0 saturated heterocycles. The Bertz CT molecular complexity index is 1450. The molecule has 12 heteroatoms. The number of amides is 1. The van der Waals surface area contributed by atoms with Crippen molar-refractivity contribution in [2.75, 3.05) is 44.7 Å². The van der Waals surface area contributed by atoms with E-state index in [2.05, 4.69) is 27.8 Å². The second-order valence-corrected chi connectivity index (χ2v) is 9.54. The van der Waals surface area contributed by atoms with Gasteiger partial charge in [0.15, 0.2) is 10.8 Å². The van der Waals surface area contributed by atoms with E-state index in [0.717, 1.165) is 23.2 Å².